The van der Waals surface area contributed by atoms with Gasteiger partial charge in [0.05, 0.1) is 20.9 Å². The molecule has 1 N–H and O–H groups in total. The van der Waals surface area contributed by atoms with Gasteiger partial charge in [0.2, 0.25) is 0 Å². The number of fused-ring (bicyclic) bond motifs is 1. The van der Waals surface area contributed by atoms with Crippen LogP contribution in [0, 0.1) is 5.82 Å². The van der Waals surface area contributed by atoms with Gasteiger partial charge in [-0.3, -0.25) is 0 Å². The smallest absolute Gasteiger partial charge is 0.186 e. The summed E-state index contributed by atoms with van der Waals surface area (Å²) in [5.41, 5.74) is 1.45. The molecule has 3 aromatic rings. The molecule has 114 valence electrons. The number of nitrogens with zero attached hydrogens (tertiary/aromatic N) is 3. The number of hydrogen-bond donors (Lipinski definition) is 1. The van der Waals surface area contributed by atoms with Gasteiger partial charge in [0.15, 0.2) is 11.6 Å². The van der Waals surface area contributed by atoms with Crippen molar-refractivity contribution >= 4 is 27.4 Å². The van der Waals surface area contributed by atoms with Crippen LogP contribution in [-0.2, 0) is 6.42 Å². The van der Waals surface area contributed by atoms with E-state index >= 15 is 0 Å². The van der Waals surface area contributed by atoms with E-state index in [9.17, 15) is 4.39 Å². The molecule has 0 saturated heterocycles. The average molecular weight is 316 g/mol. The second-order valence-electron chi connectivity index (χ2n) is 5.14. The number of halogens is 1. The molecular weight excluding hydrogens is 299 g/mol. The molecular formula is C16H17FN4S. The summed E-state index contributed by atoms with van der Waals surface area (Å²) >= 11 is 1.67. The highest BCUT2D eigenvalue weighted by Gasteiger charge is 2.14. The molecule has 0 aliphatic carbocycles. The van der Waals surface area contributed by atoms with E-state index < -0.39 is 0 Å². The summed E-state index contributed by atoms with van der Waals surface area (Å²) in [7, 11) is 0. The highest BCUT2D eigenvalue weighted by molar-refractivity contribution is 7.18. The fourth-order valence-corrected chi connectivity index (χ4v) is 3.23. The minimum atomic E-state index is -0.360. The van der Waals surface area contributed by atoms with E-state index in [1.165, 1.54) is 11.0 Å². The SMILES string of the molecule is CCc1ncnc(NCC(C)c2nc3ccccc3s2)c1F. The number of rotatable bonds is 5. The minimum absolute atomic E-state index is 0.178. The third-order valence-corrected chi connectivity index (χ3v) is 4.77. The summed E-state index contributed by atoms with van der Waals surface area (Å²) in [5, 5.41) is 4.11. The number of benzene rings is 1. The van der Waals surface area contributed by atoms with Crippen molar-refractivity contribution in [1.29, 1.82) is 0 Å². The fourth-order valence-electron chi connectivity index (χ4n) is 2.21. The van der Waals surface area contributed by atoms with Crippen LogP contribution in [0.25, 0.3) is 10.2 Å². The number of anilines is 1. The van der Waals surface area contributed by atoms with Gasteiger partial charge in [-0.15, -0.1) is 11.3 Å². The molecule has 1 aromatic carbocycles. The maximum atomic E-state index is 14.1. The molecule has 1 unspecified atom stereocenters. The van der Waals surface area contributed by atoms with Gasteiger partial charge in [0.25, 0.3) is 0 Å². The maximum absolute atomic E-state index is 14.1. The lowest BCUT2D eigenvalue weighted by Gasteiger charge is -2.11. The number of para-hydroxylation sites is 1. The van der Waals surface area contributed by atoms with Gasteiger partial charge >= 0.3 is 0 Å². The predicted octanol–water partition coefficient (Wildman–Crippen LogP) is 4.00. The van der Waals surface area contributed by atoms with E-state index in [1.807, 2.05) is 25.1 Å². The molecule has 1 atom stereocenters. The first-order valence-electron chi connectivity index (χ1n) is 7.27. The molecule has 0 aliphatic rings. The van der Waals surface area contributed by atoms with Gasteiger partial charge < -0.3 is 5.32 Å². The minimum Gasteiger partial charge on any atom is -0.367 e. The quantitative estimate of drug-likeness (QED) is 0.773. The summed E-state index contributed by atoms with van der Waals surface area (Å²) in [6, 6.07) is 8.06. The predicted molar refractivity (Wildman–Crippen MR) is 87.9 cm³/mol. The Balaban J connectivity index is 1.73. The number of thiazole rings is 1. The monoisotopic (exact) mass is 316 g/mol. The third-order valence-electron chi connectivity index (χ3n) is 3.50. The molecule has 22 heavy (non-hydrogen) atoms. The highest BCUT2D eigenvalue weighted by atomic mass is 32.1. The number of aryl methyl sites for hydroxylation is 1. The van der Waals surface area contributed by atoms with Crippen LogP contribution in [0.3, 0.4) is 0 Å². The van der Waals surface area contributed by atoms with E-state index in [-0.39, 0.29) is 17.6 Å². The zero-order valence-corrected chi connectivity index (χ0v) is 13.3. The first kappa shape index (κ1) is 14.8. The van der Waals surface area contributed by atoms with Crippen molar-refractivity contribution in [1.82, 2.24) is 15.0 Å². The van der Waals surface area contributed by atoms with Gasteiger partial charge in [-0.1, -0.05) is 26.0 Å². The van der Waals surface area contributed by atoms with E-state index in [0.717, 1.165) is 10.5 Å². The lowest BCUT2D eigenvalue weighted by Crippen LogP contribution is -2.13. The first-order chi connectivity index (χ1) is 10.7. The molecule has 0 bridgehead atoms. The van der Waals surface area contributed by atoms with Crippen LogP contribution in [0.5, 0.6) is 0 Å². The zero-order chi connectivity index (χ0) is 15.5. The van der Waals surface area contributed by atoms with E-state index in [4.69, 9.17) is 0 Å². The maximum Gasteiger partial charge on any atom is 0.186 e. The second kappa shape index (κ2) is 6.36. The van der Waals surface area contributed by atoms with Crippen LogP contribution in [0.1, 0.15) is 30.5 Å². The molecule has 4 nitrogen and oxygen atoms in total. The van der Waals surface area contributed by atoms with Crippen LogP contribution in [0.15, 0.2) is 30.6 Å². The summed E-state index contributed by atoms with van der Waals surface area (Å²) < 4.78 is 15.3. The summed E-state index contributed by atoms with van der Waals surface area (Å²) in [6.45, 7) is 4.53. The second-order valence-corrected chi connectivity index (χ2v) is 6.20. The van der Waals surface area contributed by atoms with E-state index in [2.05, 4.69) is 33.3 Å². The van der Waals surface area contributed by atoms with Crippen molar-refractivity contribution in [3.8, 4) is 0 Å². The Hall–Kier alpha value is -2.08. The average Bonchev–Trinajstić information content (AvgIpc) is 2.98. The number of nitrogens with one attached hydrogen (secondary N) is 1. The molecule has 2 heterocycles. The van der Waals surface area contributed by atoms with Crippen molar-refractivity contribution < 1.29 is 4.39 Å². The van der Waals surface area contributed by atoms with Gasteiger partial charge in [-0.25, -0.2) is 19.3 Å². The molecule has 6 heteroatoms. The van der Waals surface area contributed by atoms with Crippen LogP contribution in [0.4, 0.5) is 10.2 Å². The van der Waals surface area contributed by atoms with E-state index in [0.29, 0.717) is 18.7 Å². The molecule has 0 fully saturated rings. The lowest BCUT2D eigenvalue weighted by molar-refractivity contribution is 0.595. The fraction of sp³-hybridized carbons (Fsp3) is 0.312. The normalized spacial score (nSPS) is 12.5. The Morgan fingerprint density at radius 1 is 1.27 bits per heavy atom. The Kier molecular flexibility index (Phi) is 4.29. The van der Waals surface area contributed by atoms with E-state index in [1.54, 1.807) is 11.3 Å². The molecule has 3 rings (SSSR count). The first-order valence-corrected chi connectivity index (χ1v) is 8.09. The molecule has 0 radical (unpaired) electrons. The topological polar surface area (TPSA) is 50.7 Å². The van der Waals surface area contributed by atoms with Crippen LogP contribution < -0.4 is 5.32 Å². The zero-order valence-electron chi connectivity index (χ0n) is 12.5. The van der Waals surface area contributed by atoms with Crippen molar-refractivity contribution in [2.24, 2.45) is 0 Å². The lowest BCUT2D eigenvalue weighted by atomic mass is 10.2. The van der Waals surface area contributed by atoms with Crippen molar-refractivity contribution in [2.45, 2.75) is 26.2 Å². The van der Waals surface area contributed by atoms with Crippen molar-refractivity contribution in [3.05, 3.63) is 47.1 Å². The largest absolute Gasteiger partial charge is 0.367 e. The molecule has 0 saturated carbocycles. The van der Waals surface area contributed by atoms with Crippen LogP contribution in [-0.4, -0.2) is 21.5 Å². The van der Waals surface area contributed by atoms with Crippen LogP contribution in [0.2, 0.25) is 0 Å². The third kappa shape index (κ3) is 2.92. The molecule has 0 amide bonds. The van der Waals surface area contributed by atoms with Gasteiger partial charge in [-0.2, -0.15) is 0 Å². The van der Waals surface area contributed by atoms with Gasteiger partial charge in [-0.05, 0) is 18.6 Å². The van der Waals surface area contributed by atoms with Gasteiger partial charge in [0.1, 0.15) is 6.33 Å². The molecule has 2 aromatic heterocycles. The van der Waals surface area contributed by atoms with Crippen LogP contribution >= 0.6 is 11.3 Å². The van der Waals surface area contributed by atoms with Gasteiger partial charge in [0, 0.05) is 12.5 Å². The number of aromatic nitrogens is 3. The number of hydrogen-bond acceptors (Lipinski definition) is 5. The standard InChI is InChI=1S/C16H17FN4S/c1-3-11-14(17)15(20-9-19-11)18-8-10(2)16-21-12-6-4-5-7-13(12)22-16/h4-7,9-10H,3,8H2,1-2H3,(H,18,19,20). The Morgan fingerprint density at radius 2 is 2.09 bits per heavy atom. The highest BCUT2D eigenvalue weighted by Crippen LogP contribution is 2.27. The summed E-state index contributed by atoms with van der Waals surface area (Å²) in [4.78, 5) is 12.5. The molecule has 0 aliphatic heterocycles. The molecule has 0 spiro atoms. The van der Waals surface area contributed by atoms with Crippen molar-refractivity contribution in [3.63, 3.8) is 0 Å². The Labute approximate surface area is 132 Å². The summed E-state index contributed by atoms with van der Waals surface area (Å²) in [5.74, 6) is 0.0816. The van der Waals surface area contributed by atoms with Crippen molar-refractivity contribution in [2.75, 3.05) is 11.9 Å². The summed E-state index contributed by atoms with van der Waals surface area (Å²) in [6.07, 6.45) is 1.95. The Bertz CT molecular complexity index is 754. The Morgan fingerprint density at radius 3 is 2.86 bits per heavy atom.